The van der Waals surface area contributed by atoms with Crippen molar-refractivity contribution in [1.82, 2.24) is 14.7 Å². The number of benzene rings is 1. The Hall–Kier alpha value is -2.71. The third-order valence-electron chi connectivity index (χ3n) is 6.09. The van der Waals surface area contributed by atoms with E-state index in [-0.39, 0.29) is 11.5 Å². The van der Waals surface area contributed by atoms with Gasteiger partial charge >= 0.3 is 0 Å². The Morgan fingerprint density at radius 1 is 1.16 bits per heavy atom. The second-order valence-electron chi connectivity index (χ2n) is 8.59. The van der Waals surface area contributed by atoms with Gasteiger partial charge in [-0.3, -0.25) is 0 Å². The van der Waals surface area contributed by atoms with E-state index in [0.29, 0.717) is 31.2 Å². The topological polar surface area (TPSA) is 94.3 Å². The summed E-state index contributed by atoms with van der Waals surface area (Å²) in [6, 6.07) is 14.0. The molecule has 8 heteroatoms. The lowest BCUT2D eigenvalue weighted by atomic mass is 9.79. The van der Waals surface area contributed by atoms with E-state index in [0.717, 1.165) is 41.8 Å². The van der Waals surface area contributed by atoms with Crippen molar-refractivity contribution in [3.05, 3.63) is 65.9 Å². The third kappa shape index (κ3) is 4.36. The van der Waals surface area contributed by atoms with Crippen molar-refractivity contribution in [3.8, 4) is 17.1 Å². The number of hydrogen-bond acceptors (Lipinski definition) is 6. The first-order valence-corrected chi connectivity index (χ1v) is 12.4. The average molecular weight is 440 g/mol. The molecule has 2 aromatic heterocycles. The molecule has 3 heterocycles. The Balaban J connectivity index is 1.56. The van der Waals surface area contributed by atoms with Gasteiger partial charge < -0.3 is 9.15 Å². The van der Waals surface area contributed by atoms with Gasteiger partial charge in [0.25, 0.3) is 0 Å². The molecular formula is C23H25N3O4S. The van der Waals surface area contributed by atoms with Crippen LogP contribution in [0.1, 0.15) is 36.4 Å². The summed E-state index contributed by atoms with van der Waals surface area (Å²) in [5.74, 6) is 1.27. The zero-order chi connectivity index (χ0) is 21.5. The Kier molecular flexibility index (Phi) is 5.06. The molecule has 1 aliphatic heterocycles. The maximum Gasteiger partial charge on any atom is 0.213 e. The van der Waals surface area contributed by atoms with Crippen LogP contribution in [0.5, 0.6) is 5.88 Å². The lowest BCUT2D eigenvalue weighted by molar-refractivity contribution is 0.308. The Labute approximate surface area is 181 Å². The van der Waals surface area contributed by atoms with Gasteiger partial charge in [-0.2, -0.15) is 0 Å². The van der Waals surface area contributed by atoms with Crippen LogP contribution in [0, 0.1) is 0 Å². The largest absolute Gasteiger partial charge is 0.477 e. The van der Waals surface area contributed by atoms with Gasteiger partial charge in [-0.25, -0.2) is 23.1 Å². The molecule has 7 nitrogen and oxygen atoms in total. The van der Waals surface area contributed by atoms with Crippen molar-refractivity contribution < 1.29 is 17.6 Å². The highest BCUT2D eigenvalue weighted by Gasteiger charge is 2.45. The van der Waals surface area contributed by atoms with Crippen molar-refractivity contribution in [2.75, 3.05) is 12.9 Å². The maximum absolute atomic E-state index is 11.8. The van der Waals surface area contributed by atoms with E-state index in [1.165, 1.54) is 6.26 Å². The zero-order valence-electron chi connectivity index (χ0n) is 17.4. The summed E-state index contributed by atoms with van der Waals surface area (Å²) in [5, 5.41) is 0. The molecule has 3 aromatic rings. The highest BCUT2D eigenvalue weighted by molar-refractivity contribution is 7.88. The minimum absolute atomic E-state index is 0.130. The first-order chi connectivity index (χ1) is 14.9. The first-order valence-electron chi connectivity index (χ1n) is 10.5. The number of nitrogens with zero attached hydrogens (tertiary/aromatic N) is 2. The lowest BCUT2D eigenvalue weighted by Crippen LogP contribution is -2.35. The summed E-state index contributed by atoms with van der Waals surface area (Å²) in [7, 11) is -3.28. The molecule has 2 aliphatic rings. The van der Waals surface area contributed by atoms with E-state index < -0.39 is 10.0 Å². The van der Waals surface area contributed by atoms with Crippen molar-refractivity contribution >= 4 is 10.0 Å². The molecule has 1 saturated carbocycles. The molecular weight excluding hydrogens is 414 g/mol. The quantitative estimate of drug-likeness (QED) is 0.659. The Bertz CT molecular complexity index is 1210. The molecule has 1 spiro atoms. The minimum atomic E-state index is -3.28. The smallest absolute Gasteiger partial charge is 0.213 e. The van der Waals surface area contributed by atoms with Gasteiger partial charge in [-0.1, -0.05) is 24.3 Å². The van der Waals surface area contributed by atoms with Crippen LogP contribution >= 0.6 is 0 Å². The van der Waals surface area contributed by atoms with Gasteiger partial charge in [-0.05, 0) is 43.4 Å². The minimum Gasteiger partial charge on any atom is -0.477 e. The van der Waals surface area contributed by atoms with Gasteiger partial charge in [0.2, 0.25) is 21.8 Å². The second-order valence-corrected chi connectivity index (χ2v) is 10.4. The molecule has 0 radical (unpaired) electrons. The van der Waals surface area contributed by atoms with Crippen molar-refractivity contribution in [3.63, 3.8) is 0 Å². The monoisotopic (exact) mass is 439 g/mol. The van der Waals surface area contributed by atoms with Gasteiger partial charge in [0.1, 0.15) is 6.26 Å². The number of fused-ring (bicyclic) bond motifs is 8. The third-order valence-corrected chi connectivity index (χ3v) is 6.85. The number of sulfonamides is 1. The van der Waals surface area contributed by atoms with Crippen LogP contribution in [0.2, 0.25) is 0 Å². The van der Waals surface area contributed by atoms with Crippen molar-refractivity contribution in [1.29, 1.82) is 0 Å². The summed E-state index contributed by atoms with van der Waals surface area (Å²) in [5.41, 5.74) is 3.49. The van der Waals surface area contributed by atoms with Crippen LogP contribution in [-0.4, -0.2) is 37.3 Å². The molecule has 1 N–H and O–H groups in total. The molecule has 1 aromatic carbocycles. The molecule has 5 rings (SSSR count). The van der Waals surface area contributed by atoms with E-state index >= 15 is 0 Å². The molecule has 1 fully saturated rings. The second kappa shape index (κ2) is 7.76. The van der Waals surface area contributed by atoms with E-state index in [9.17, 15) is 8.42 Å². The number of nitrogens with one attached hydrogen (secondary N) is 1. The number of pyridine rings is 1. The fraction of sp³-hybridized carbons (Fsp3) is 0.391. The molecule has 0 amide bonds. The van der Waals surface area contributed by atoms with E-state index in [1.807, 2.05) is 30.3 Å². The molecule has 1 aliphatic carbocycles. The molecule has 0 unspecified atom stereocenters. The highest BCUT2D eigenvalue weighted by Crippen LogP contribution is 2.44. The number of ether oxygens (including phenoxy) is 1. The number of rotatable bonds is 2. The molecule has 0 saturated heterocycles. The first kappa shape index (κ1) is 20.2. The standard InChI is InChI=1S/C23H25N3O4S/c1-31(27,28)26-18-8-10-23(14-18)13-16-4-2-5-17(12-16)20-6-3-7-21(25-20)29-11-9-19-15-30-22(23)24-19/h2-7,12,15,18,26H,8-11,13-14H2,1H3/t18-,23+/m0/s1. The SMILES string of the molecule is CS(=O)(=O)N[C@H]1CC[C@@]2(Cc3cccc(c3)-c3cccc(n3)OCCc3coc2n3)C1. The number of hydrogen-bond donors (Lipinski definition) is 1. The van der Waals surface area contributed by atoms with E-state index in [1.54, 1.807) is 6.26 Å². The van der Waals surface area contributed by atoms with Gasteiger partial charge in [0.15, 0.2) is 0 Å². The van der Waals surface area contributed by atoms with Crippen LogP contribution in [0.15, 0.2) is 53.1 Å². The van der Waals surface area contributed by atoms with Crippen LogP contribution < -0.4 is 9.46 Å². The van der Waals surface area contributed by atoms with Crippen molar-refractivity contribution in [2.24, 2.45) is 0 Å². The van der Waals surface area contributed by atoms with E-state index in [4.69, 9.17) is 14.1 Å². The van der Waals surface area contributed by atoms with Gasteiger partial charge in [-0.15, -0.1) is 0 Å². The van der Waals surface area contributed by atoms with Crippen LogP contribution in [0.3, 0.4) is 0 Å². The van der Waals surface area contributed by atoms with Gasteiger partial charge in [0, 0.05) is 24.1 Å². The van der Waals surface area contributed by atoms with Crippen molar-refractivity contribution in [2.45, 2.75) is 43.6 Å². The maximum atomic E-state index is 11.8. The van der Waals surface area contributed by atoms with Crippen LogP contribution in [0.25, 0.3) is 11.3 Å². The van der Waals surface area contributed by atoms with Crippen LogP contribution in [0.4, 0.5) is 0 Å². The molecule has 162 valence electrons. The lowest BCUT2D eigenvalue weighted by Gasteiger charge is -2.26. The summed E-state index contributed by atoms with van der Waals surface area (Å²) < 4.78 is 38.2. The van der Waals surface area contributed by atoms with Gasteiger partial charge in [0.05, 0.1) is 29.7 Å². The fourth-order valence-corrected chi connectivity index (χ4v) is 5.58. The Morgan fingerprint density at radius 3 is 2.90 bits per heavy atom. The number of aromatic nitrogens is 2. The predicted octanol–water partition coefficient (Wildman–Crippen LogP) is 3.25. The molecule has 2 atom stereocenters. The molecule has 6 bridgehead atoms. The summed E-state index contributed by atoms with van der Waals surface area (Å²) in [6.07, 6.45) is 6.43. The average Bonchev–Trinajstić information content (AvgIpc) is 3.35. The number of oxazole rings is 1. The predicted molar refractivity (Wildman–Crippen MR) is 116 cm³/mol. The van der Waals surface area contributed by atoms with Crippen LogP contribution in [-0.2, 0) is 28.3 Å². The summed E-state index contributed by atoms with van der Waals surface area (Å²) in [6.45, 7) is 0.452. The normalized spacial score (nSPS) is 23.3. The Morgan fingerprint density at radius 2 is 2.03 bits per heavy atom. The summed E-state index contributed by atoms with van der Waals surface area (Å²) in [4.78, 5) is 9.44. The highest BCUT2D eigenvalue weighted by atomic mass is 32.2. The summed E-state index contributed by atoms with van der Waals surface area (Å²) >= 11 is 0. The zero-order valence-corrected chi connectivity index (χ0v) is 18.2. The fourth-order valence-electron chi connectivity index (χ4n) is 4.77. The molecule has 31 heavy (non-hydrogen) atoms. The van der Waals surface area contributed by atoms with E-state index in [2.05, 4.69) is 21.8 Å².